The summed E-state index contributed by atoms with van der Waals surface area (Å²) in [7, 11) is 0. The zero-order chi connectivity index (χ0) is 33.4. The van der Waals surface area contributed by atoms with Gasteiger partial charge < -0.3 is 9.84 Å². The number of allylic oxidation sites excluding steroid dienone is 3. The van der Waals surface area contributed by atoms with Crippen LogP contribution in [0.2, 0.25) is 0 Å². The van der Waals surface area contributed by atoms with Crippen molar-refractivity contribution < 1.29 is 19.4 Å². The number of Topliss-reactive ketones (excluding diaryl/α,β-unsaturated/α-hetero) is 2. The van der Waals surface area contributed by atoms with Crippen molar-refractivity contribution in [1.82, 2.24) is 0 Å². The quantitative estimate of drug-likeness (QED) is 0.321. The van der Waals surface area contributed by atoms with Crippen molar-refractivity contribution in [3.8, 4) is 0 Å². The number of rotatable bonds is 3. The van der Waals surface area contributed by atoms with Gasteiger partial charge in [-0.2, -0.15) is 0 Å². The standard InChI is InChI=1S/C10H18O.C10H14O.C10H20O.C10H18O/c1-9(2)8-4-6-10(3,11-9)7-5-8;1-7(2)9-5-4-8(3)10(11)6-9;2*1-7(2)9-5-4-8(3)6-10(9)11/h8H,4-7H2,1-3H3;4,9H,1,5-6H2,2-3H3;7-11H,4-6H2,1-3H3;7-9H,4-6H2,1-3H3/t;;;8-,9+/m...0/s1. The average Bonchev–Trinajstić information content (AvgIpc) is 2.90. The van der Waals surface area contributed by atoms with Gasteiger partial charge >= 0.3 is 0 Å². The van der Waals surface area contributed by atoms with Gasteiger partial charge in [-0.05, 0) is 139 Å². The summed E-state index contributed by atoms with van der Waals surface area (Å²) in [6, 6.07) is 0. The minimum atomic E-state index is -0.0289. The molecule has 4 heteroatoms. The summed E-state index contributed by atoms with van der Waals surface area (Å²) >= 11 is 0. The summed E-state index contributed by atoms with van der Waals surface area (Å²) in [5.74, 6) is 5.50. The lowest BCUT2D eigenvalue weighted by molar-refractivity contribution is -0.229. The van der Waals surface area contributed by atoms with E-state index in [9.17, 15) is 14.7 Å². The monoisotopic (exact) mass is 615 g/mol. The minimum Gasteiger partial charge on any atom is -0.393 e. The van der Waals surface area contributed by atoms with Gasteiger partial charge in [0.25, 0.3) is 0 Å². The van der Waals surface area contributed by atoms with Crippen molar-refractivity contribution in [3.63, 3.8) is 0 Å². The lowest BCUT2D eigenvalue weighted by Gasteiger charge is -2.54. The Kier molecular flexibility index (Phi) is 15.1. The number of aliphatic hydroxyl groups is 1. The first-order valence-corrected chi connectivity index (χ1v) is 18.1. The van der Waals surface area contributed by atoms with Gasteiger partial charge in [-0.1, -0.05) is 66.2 Å². The number of ether oxygens (including phenoxy) is 1. The molecule has 0 aromatic rings. The normalized spacial score (nSPS) is 36.2. The van der Waals surface area contributed by atoms with Crippen LogP contribution < -0.4 is 0 Å². The van der Waals surface area contributed by atoms with Crippen LogP contribution in [0.5, 0.6) is 0 Å². The highest BCUT2D eigenvalue weighted by atomic mass is 16.5. The fourth-order valence-corrected chi connectivity index (χ4v) is 8.10. The predicted octanol–water partition coefficient (Wildman–Crippen LogP) is 10.3. The van der Waals surface area contributed by atoms with Crippen LogP contribution in [0, 0.1) is 47.3 Å². The molecule has 6 aliphatic rings. The Hall–Kier alpha value is -1.26. The predicted molar refractivity (Wildman–Crippen MR) is 186 cm³/mol. The van der Waals surface area contributed by atoms with E-state index in [-0.39, 0.29) is 23.1 Å². The molecule has 2 heterocycles. The third-order valence-corrected chi connectivity index (χ3v) is 11.5. The smallest absolute Gasteiger partial charge is 0.158 e. The Morgan fingerprint density at radius 3 is 1.91 bits per heavy atom. The number of ketones is 2. The molecule has 254 valence electrons. The lowest BCUT2D eigenvalue weighted by Crippen LogP contribution is -2.53. The first-order valence-electron chi connectivity index (χ1n) is 18.1. The summed E-state index contributed by atoms with van der Waals surface area (Å²) in [5, 5.41) is 9.71. The number of carbonyl (C=O) groups is 2. The third kappa shape index (κ3) is 11.8. The molecule has 0 aromatic heterocycles. The molecular formula is C40H70O4. The number of hydrogen-bond acceptors (Lipinski definition) is 4. The molecule has 2 bridgehead atoms. The molecule has 2 aliphatic heterocycles. The molecule has 4 unspecified atom stereocenters. The van der Waals surface area contributed by atoms with E-state index in [0.717, 1.165) is 48.7 Å². The minimum absolute atomic E-state index is 0.0289. The highest BCUT2D eigenvalue weighted by Gasteiger charge is 2.48. The fourth-order valence-electron chi connectivity index (χ4n) is 8.10. The Morgan fingerprint density at radius 2 is 1.50 bits per heavy atom. The fraction of sp³-hybridized carbons (Fsp3) is 0.850. The maximum atomic E-state index is 11.4. The van der Waals surface area contributed by atoms with Crippen LogP contribution in [0.1, 0.15) is 153 Å². The molecule has 0 radical (unpaired) electrons. The second kappa shape index (κ2) is 17.1. The van der Waals surface area contributed by atoms with Gasteiger partial charge in [-0.25, -0.2) is 0 Å². The molecule has 44 heavy (non-hydrogen) atoms. The first kappa shape index (κ1) is 38.9. The van der Waals surface area contributed by atoms with Gasteiger partial charge in [0.05, 0.1) is 17.3 Å². The maximum Gasteiger partial charge on any atom is 0.158 e. The maximum absolute atomic E-state index is 11.4. The molecule has 0 amide bonds. The zero-order valence-electron chi connectivity index (χ0n) is 30.6. The molecular weight excluding hydrogens is 544 g/mol. The highest BCUT2D eigenvalue weighted by Crippen LogP contribution is 2.49. The summed E-state index contributed by atoms with van der Waals surface area (Å²) in [6.45, 7) is 27.6. The topological polar surface area (TPSA) is 63.6 Å². The number of fused-ring (bicyclic) bond motifs is 3. The molecule has 6 rings (SSSR count). The van der Waals surface area contributed by atoms with Crippen molar-refractivity contribution in [1.29, 1.82) is 0 Å². The molecule has 4 aliphatic carbocycles. The van der Waals surface area contributed by atoms with E-state index in [4.69, 9.17) is 4.74 Å². The van der Waals surface area contributed by atoms with Crippen LogP contribution in [0.4, 0.5) is 0 Å². The summed E-state index contributed by atoms with van der Waals surface area (Å²) < 4.78 is 6.06. The molecule has 3 saturated carbocycles. The van der Waals surface area contributed by atoms with Crippen molar-refractivity contribution in [2.75, 3.05) is 0 Å². The molecule has 0 aromatic carbocycles. The molecule has 2 saturated heterocycles. The molecule has 0 spiro atoms. The van der Waals surface area contributed by atoms with Crippen LogP contribution in [0.3, 0.4) is 0 Å². The summed E-state index contributed by atoms with van der Waals surface area (Å²) in [4.78, 5) is 22.6. The van der Waals surface area contributed by atoms with E-state index in [1.54, 1.807) is 0 Å². The number of carbonyl (C=O) groups excluding carboxylic acids is 2. The van der Waals surface area contributed by atoms with E-state index in [1.807, 2.05) is 19.9 Å². The van der Waals surface area contributed by atoms with Crippen molar-refractivity contribution >= 4 is 11.6 Å². The second-order valence-electron chi connectivity index (χ2n) is 16.8. The number of hydrogen-bond donors (Lipinski definition) is 1. The second-order valence-corrected chi connectivity index (χ2v) is 16.8. The van der Waals surface area contributed by atoms with Gasteiger partial charge in [0.15, 0.2) is 5.78 Å². The van der Waals surface area contributed by atoms with Gasteiger partial charge in [0.1, 0.15) is 5.78 Å². The Balaban J connectivity index is 0.000000205. The van der Waals surface area contributed by atoms with Crippen LogP contribution >= 0.6 is 0 Å². The van der Waals surface area contributed by atoms with E-state index in [1.165, 1.54) is 44.9 Å². The lowest BCUT2D eigenvalue weighted by atomic mass is 9.69. The third-order valence-electron chi connectivity index (χ3n) is 11.5. The van der Waals surface area contributed by atoms with Crippen molar-refractivity contribution in [3.05, 3.63) is 23.8 Å². The Labute approximate surface area is 272 Å². The highest BCUT2D eigenvalue weighted by molar-refractivity contribution is 5.95. The van der Waals surface area contributed by atoms with Crippen molar-refractivity contribution in [2.45, 2.75) is 171 Å². The average molecular weight is 615 g/mol. The Morgan fingerprint density at radius 1 is 0.909 bits per heavy atom. The van der Waals surface area contributed by atoms with E-state index in [2.05, 4.69) is 68.9 Å². The molecule has 1 N–H and O–H groups in total. The van der Waals surface area contributed by atoms with E-state index < -0.39 is 0 Å². The van der Waals surface area contributed by atoms with Crippen LogP contribution in [0.25, 0.3) is 0 Å². The molecule has 6 atom stereocenters. The van der Waals surface area contributed by atoms with E-state index >= 15 is 0 Å². The van der Waals surface area contributed by atoms with Gasteiger partial charge in [-0.3, -0.25) is 9.59 Å². The van der Waals surface area contributed by atoms with Crippen molar-refractivity contribution in [2.24, 2.45) is 47.3 Å². The molecule has 4 nitrogen and oxygen atoms in total. The number of aliphatic hydroxyl groups excluding tert-OH is 1. The van der Waals surface area contributed by atoms with Gasteiger partial charge in [0.2, 0.25) is 0 Å². The van der Waals surface area contributed by atoms with Crippen LogP contribution in [0.15, 0.2) is 23.8 Å². The van der Waals surface area contributed by atoms with Gasteiger partial charge in [-0.15, -0.1) is 0 Å². The summed E-state index contributed by atoms with van der Waals surface area (Å²) in [6.07, 6.45) is 15.7. The zero-order valence-corrected chi connectivity index (χ0v) is 30.6. The van der Waals surface area contributed by atoms with Crippen LogP contribution in [-0.4, -0.2) is 34.0 Å². The van der Waals surface area contributed by atoms with Crippen LogP contribution in [-0.2, 0) is 14.3 Å². The summed E-state index contributed by atoms with van der Waals surface area (Å²) in [5.41, 5.74) is 2.42. The van der Waals surface area contributed by atoms with E-state index in [0.29, 0.717) is 47.7 Å². The van der Waals surface area contributed by atoms with Gasteiger partial charge in [0, 0.05) is 18.8 Å². The largest absolute Gasteiger partial charge is 0.393 e. The Bertz CT molecular complexity index is 961. The first-order chi connectivity index (χ1) is 20.3. The SMILES string of the molecule is C=C(C)C1CC=C(C)C(=O)C1.CC(C)[C@H]1CC[C@H](C)CC1=O.CC12CCC(CC1)C(C)(C)O2.CC1CCC(C(C)C)C(O)C1. The molecule has 5 fully saturated rings.